The van der Waals surface area contributed by atoms with Crippen LogP contribution in [0.5, 0.6) is 0 Å². The number of benzene rings is 1. The van der Waals surface area contributed by atoms with E-state index in [1.807, 2.05) is 13.0 Å². The van der Waals surface area contributed by atoms with Crippen molar-refractivity contribution in [1.29, 1.82) is 0 Å². The lowest BCUT2D eigenvalue weighted by atomic mass is 10.1. The molecule has 2 N–H and O–H groups in total. The maximum absolute atomic E-state index is 11.7. The standard InChI is InChI=1S/C14H12N2O3S/c1-9-3-2-4-10(7-9)11(17)8-12(18)13(19)16-14-15-5-6-20-14/h2-8,17H,1H3,(H,15,16,19). The van der Waals surface area contributed by atoms with Crippen LogP contribution in [0.2, 0.25) is 0 Å². The van der Waals surface area contributed by atoms with E-state index in [9.17, 15) is 14.7 Å². The first-order chi connectivity index (χ1) is 9.56. The second-order valence-corrected chi connectivity index (χ2v) is 4.95. The third-order valence-electron chi connectivity index (χ3n) is 2.46. The molecule has 0 saturated carbocycles. The topological polar surface area (TPSA) is 79.3 Å². The fraction of sp³-hybridized carbons (Fsp3) is 0.0714. The molecular formula is C14H12N2O3S. The molecule has 2 aromatic rings. The molecule has 0 aliphatic rings. The normalized spacial score (nSPS) is 11.2. The smallest absolute Gasteiger partial charge is 0.298 e. The van der Waals surface area contributed by atoms with Gasteiger partial charge < -0.3 is 5.11 Å². The first-order valence-electron chi connectivity index (χ1n) is 5.79. The number of thiazole rings is 1. The first-order valence-corrected chi connectivity index (χ1v) is 6.67. The van der Waals surface area contributed by atoms with Gasteiger partial charge in [0.05, 0.1) is 0 Å². The molecule has 0 saturated heterocycles. The van der Waals surface area contributed by atoms with Gasteiger partial charge in [0.25, 0.3) is 5.91 Å². The fourth-order valence-corrected chi connectivity index (χ4v) is 2.05. The monoisotopic (exact) mass is 288 g/mol. The van der Waals surface area contributed by atoms with E-state index in [2.05, 4.69) is 10.3 Å². The number of carbonyl (C=O) groups excluding carboxylic acids is 2. The highest BCUT2D eigenvalue weighted by Crippen LogP contribution is 2.14. The second kappa shape index (κ2) is 6.12. The van der Waals surface area contributed by atoms with Gasteiger partial charge in [0.15, 0.2) is 5.13 Å². The number of amides is 1. The van der Waals surface area contributed by atoms with Crippen LogP contribution in [0.25, 0.3) is 5.76 Å². The maximum atomic E-state index is 11.7. The Hall–Kier alpha value is -2.47. The highest BCUT2D eigenvalue weighted by atomic mass is 32.1. The Bertz CT molecular complexity index is 663. The van der Waals surface area contributed by atoms with Gasteiger partial charge in [-0.05, 0) is 13.0 Å². The molecule has 0 aliphatic heterocycles. The molecule has 102 valence electrons. The number of carbonyl (C=O) groups is 2. The SMILES string of the molecule is Cc1cccc(C(O)=CC(=O)C(=O)Nc2nccs2)c1. The van der Waals surface area contributed by atoms with Crippen LogP contribution in [0.3, 0.4) is 0 Å². The molecule has 0 spiro atoms. The average Bonchev–Trinajstić information content (AvgIpc) is 2.91. The van der Waals surface area contributed by atoms with E-state index in [4.69, 9.17) is 0 Å². The Morgan fingerprint density at radius 2 is 2.20 bits per heavy atom. The number of nitrogens with zero attached hydrogens (tertiary/aromatic N) is 1. The van der Waals surface area contributed by atoms with Gasteiger partial charge >= 0.3 is 0 Å². The minimum absolute atomic E-state index is 0.243. The number of aryl methyl sites for hydroxylation is 1. The van der Waals surface area contributed by atoms with Gasteiger partial charge in [-0.3, -0.25) is 14.9 Å². The van der Waals surface area contributed by atoms with Crippen LogP contribution in [0.15, 0.2) is 41.9 Å². The minimum Gasteiger partial charge on any atom is -0.507 e. The molecule has 6 heteroatoms. The van der Waals surface area contributed by atoms with Gasteiger partial charge in [0, 0.05) is 23.2 Å². The zero-order valence-electron chi connectivity index (χ0n) is 10.7. The molecule has 1 aromatic heterocycles. The molecule has 0 atom stereocenters. The molecule has 1 aromatic carbocycles. The molecule has 5 nitrogen and oxygen atoms in total. The number of aliphatic hydroxyl groups is 1. The van der Waals surface area contributed by atoms with Crippen LogP contribution < -0.4 is 5.32 Å². The summed E-state index contributed by atoms with van der Waals surface area (Å²) in [5.41, 5.74) is 1.43. The molecule has 0 radical (unpaired) electrons. The van der Waals surface area contributed by atoms with Crippen LogP contribution in [-0.2, 0) is 9.59 Å². The molecular weight excluding hydrogens is 276 g/mol. The second-order valence-electron chi connectivity index (χ2n) is 4.05. The van der Waals surface area contributed by atoms with Crippen molar-refractivity contribution in [3.05, 3.63) is 53.0 Å². The third-order valence-corrected chi connectivity index (χ3v) is 3.15. The molecule has 0 fully saturated rings. The Morgan fingerprint density at radius 3 is 2.85 bits per heavy atom. The Balaban J connectivity index is 2.09. The van der Waals surface area contributed by atoms with Gasteiger partial charge in [-0.25, -0.2) is 4.98 Å². The molecule has 0 aliphatic carbocycles. The van der Waals surface area contributed by atoms with E-state index < -0.39 is 11.7 Å². The highest BCUT2D eigenvalue weighted by molar-refractivity contribution is 7.13. The van der Waals surface area contributed by atoms with Crippen molar-refractivity contribution in [3.8, 4) is 0 Å². The lowest BCUT2D eigenvalue weighted by Crippen LogP contribution is -2.21. The quantitative estimate of drug-likeness (QED) is 0.515. The number of rotatable bonds is 4. The van der Waals surface area contributed by atoms with Crippen LogP contribution in [-0.4, -0.2) is 21.8 Å². The summed E-state index contributed by atoms with van der Waals surface area (Å²) in [6.07, 6.45) is 2.42. The molecule has 1 amide bonds. The van der Waals surface area contributed by atoms with Gasteiger partial charge in [-0.1, -0.05) is 23.8 Å². The molecule has 0 bridgehead atoms. The predicted molar refractivity (Wildman–Crippen MR) is 77.5 cm³/mol. The van der Waals surface area contributed by atoms with Crippen molar-refractivity contribution in [2.45, 2.75) is 6.92 Å². The number of aliphatic hydroxyl groups excluding tert-OH is 1. The number of hydrogen-bond donors (Lipinski definition) is 2. The lowest BCUT2D eigenvalue weighted by Gasteiger charge is -2.01. The van der Waals surface area contributed by atoms with Crippen LogP contribution in [0.4, 0.5) is 5.13 Å². The predicted octanol–water partition coefficient (Wildman–Crippen LogP) is 2.56. The van der Waals surface area contributed by atoms with Crippen molar-refractivity contribution in [3.63, 3.8) is 0 Å². The van der Waals surface area contributed by atoms with Crippen molar-refractivity contribution < 1.29 is 14.7 Å². The Morgan fingerprint density at radius 1 is 1.40 bits per heavy atom. The maximum Gasteiger partial charge on any atom is 0.298 e. The van der Waals surface area contributed by atoms with Gasteiger partial charge in [-0.2, -0.15) is 0 Å². The van der Waals surface area contributed by atoms with E-state index in [0.29, 0.717) is 10.7 Å². The largest absolute Gasteiger partial charge is 0.507 e. The number of anilines is 1. The molecule has 1 heterocycles. The van der Waals surface area contributed by atoms with Crippen LogP contribution in [0, 0.1) is 6.92 Å². The Labute approximate surface area is 119 Å². The van der Waals surface area contributed by atoms with E-state index >= 15 is 0 Å². The third kappa shape index (κ3) is 3.52. The number of aromatic nitrogens is 1. The van der Waals surface area contributed by atoms with Crippen LogP contribution >= 0.6 is 11.3 Å². The highest BCUT2D eigenvalue weighted by Gasteiger charge is 2.14. The Kier molecular flexibility index (Phi) is 4.27. The summed E-state index contributed by atoms with van der Waals surface area (Å²) in [5.74, 6) is -1.91. The minimum atomic E-state index is -0.834. The van der Waals surface area contributed by atoms with Crippen LogP contribution in [0.1, 0.15) is 11.1 Å². The van der Waals surface area contributed by atoms with E-state index in [-0.39, 0.29) is 5.76 Å². The van der Waals surface area contributed by atoms with Crippen molar-refractivity contribution in [2.75, 3.05) is 5.32 Å². The van der Waals surface area contributed by atoms with E-state index in [1.54, 1.807) is 23.6 Å². The summed E-state index contributed by atoms with van der Waals surface area (Å²) in [7, 11) is 0. The lowest BCUT2D eigenvalue weighted by molar-refractivity contribution is -0.131. The van der Waals surface area contributed by atoms with E-state index in [1.165, 1.54) is 17.5 Å². The first kappa shape index (κ1) is 14.0. The summed E-state index contributed by atoms with van der Waals surface area (Å²) in [6, 6.07) is 7.01. The number of nitrogens with one attached hydrogen (secondary N) is 1. The van der Waals surface area contributed by atoms with Gasteiger partial charge in [0.1, 0.15) is 5.76 Å². The fourth-order valence-electron chi connectivity index (χ4n) is 1.52. The summed E-state index contributed by atoms with van der Waals surface area (Å²) in [6.45, 7) is 1.87. The van der Waals surface area contributed by atoms with Crippen molar-refractivity contribution >= 4 is 33.9 Å². The zero-order valence-corrected chi connectivity index (χ0v) is 11.5. The molecule has 0 unspecified atom stereocenters. The van der Waals surface area contributed by atoms with Gasteiger partial charge in [-0.15, -0.1) is 11.3 Å². The number of ketones is 1. The molecule has 20 heavy (non-hydrogen) atoms. The summed E-state index contributed by atoms with van der Waals surface area (Å²) < 4.78 is 0. The summed E-state index contributed by atoms with van der Waals surface area (Å²) >= 11 is 1.21. The summed E-state index contributed by atoms with van der Waals surface area (Å²) in [4.78, 5) is 27.1. The molecule has 2 rings (SSSR count). The average molecular weight is 288 g/mol. The van der Waals surface area contributed by atoms with Gasteiger partial charge in [0.2, 0.25) is 5.78 Å². The van der Waals surface area contributed by atoms with Crippen molar-refractivity contribution in [2.24, 2.45) is 0 Å². The van der Waals surface area contributed by atoms with E-state index in [0.717, 1.165) is 11.6 Å². The zero-order chi connectivity index (χ0) is 14.5. The van der Waals surface area contributed by atoms with Crippen molar-refractivity contribution in [1.82, 2.24) is 4.98 Å². The summed E-state index contributed by atoms with van der Waals surface area (Å²) in [5, 5.41) is 14.2. The number of hydrogen-bond acceptors (Lipinski definition) is 5.